The fourth-order valence-electron chi connectivity index (χ4n) is 2.60. The van der Waals surface area contributed by atoms with Gasteiger partial charge in [-0.2, -0.15) is 4.31 Å². The highest BCUT2D eigenvalue weighted by atomic mass is 35.5. The summed E-state index contributed by atoms with van der Waals surface area (Å²) in [6.45, 7) is 1.44. The maximum Gasteiger partial charge on any atom is 0.243 e. The lowest BCUT2D eigenvalue weighted by molar-refractivity contribution is 0.171. The summed E-state index contributed by atoms with van der Waals surface area (Å²) < 4.78 is 37.7. The highest BCUT2D eigenvalue weighted by molar-refractivity contribution is 7.89. The number of rotatable bonds is 3. The van der Waals surface area contributed by atoms with Crippen LogP contribution in [0.1, 0.15) is 12.8 Å². The maximum absolute atomic E-state index is 12.7. The van der Waals surface area contributed by atoms with Gasteiger partial charge in [0.2, 0.25) is 10.0 Å². The summed E-state index contributed by atoms with van der Waals surface area (Å²) in [6, 6.07) is 4.63. The summed E-state index contributed by atoms with van der Waals surface area (Å²) in [5.41, 5.74) is 0. The first-order valence-electron chi connectivity index (χ1n) is 6.60. The molecular formula is C13H16ClNO4S. The van der Waals surface area contributed by atoms with Gasteiger partial charge < -0.3 is 9.47 Å². The molecule has 20 heavy (non-hydrogen) atoms. The van der Waals surface area contributed by atoms with E-state index in [9.17, 15) is 8.42 Å². The molecule has 0 N–H and O–H groups in total. The lowest BCUT2D eigenvalue weighted by Gasteiger charge is -2.24. The second kappa shape index (κ2) is 5.42. The lowest BCUT2D eigenvalue weighted by Crippen LogP contribution is -2.36. The minimum atomic E-state index is -3.52. The smallest absolute Gasteiger partial charge is 0.243 e. The van der Waals surface area contributed by atoms with Crippen LogP contribution in [0.4, 0.5) is 0 Å². The number of ether oxygens (including phenoxy) is 2. The van der Waals surface area contributed by atoms with Crippen molar-refractivity contribution in [3.05, 3.63) is 18.2 Å². The van der Waals surface area contributed by atoms with Crippen LogP contribution in [0.25, 0.3) is 0 Å². The first-order valence-corrected chi connectivity index (χ1v) is 8.58. The Hall–Kier alpha value is -0.980. The molecule has 1 aromatic rings. The largest absolute Gasteiger partial charge is 0.486 e. The zero-order valence-electron chi connectivity index (χ0n) is 10.9. The molecule has 1 saturated heterocycles. The van der Waals surface area contributed by atoms with Gasteiger partial charge in [0.25, 0.3) is 0 Å². The molecule has 2 aliphatic heterocycles. The van der Waals surface area contributed by atoms with E-state index in [0.717, 1.165) is 12.8 Å². The molecule has 5 nitrogen and oxygen atoms in total. The van der Waals surface area contributed by atoms with E-state index in [1.54, 1.807) is 12.1 Å². The van der Waals surface area contributed by atoms with Crippen LogP contribution in [-0.4, -0.2) is 44.4 Å². The number of fused-ring (bicyclic) bond motifs is 1. The van der Waals surface area contributed by atoms with Gasteiger partial charge in [-0.15, -0.1) is 11.6 Å². The van der Waals surface area contributed by atoms with E-state index in [2.05, 4.69) is 0 Å². The summed E-state index contributed by atoms with van der Waals surface area (Å²) in [5.74, 6) is 1.40. The van der Waals surface area contributed by atoms with Crippen molar-refractivity contribution in [2.24, 2.45) is 0 Å². The molecule has 0 bridgehead atoms. The Balaban J connectivity index is 1.95. The first-order chi connectivity index (χ1) is 9.63. The predicted molar refractivity (Wildman–Crippen MR) is 75.1 cm³/mol. The molecule has 110 valence electrons. The molecule has 0 aliphatic carbocycles. The van der Waals surface area contributed by atoms with E-state index in [0.29, 0.717) is 37.1 Å². The molecule has 0 radical (unpaired) electrons. The number of sulfonamides is 1. The third-order valence-corrected chi connectivity index (χ3v) is 5.93. The molecular weight excluding hydrogens is 302 g/mol. The first kappa shape index (κ1) is 14.0. The van der Waals surface area contributed by atoms with Gasteiger partial charge in [0.15, 0.2) is 11.5 Å². The number of hydrogen-bond acceptors (Lipinski definition) is 4. The van der Waals surface area contributed by atoms with E-state index in [4.69, 9.17) is 21.1 Å². The minimum absolute atomic E-state index is 0.116. The summed E-state index contributed by atoms with van der Waals surface area (Å²) >= 11 is 5.86. The maximum atomic E-state index is 12.7. The Morgan fingerprint density at radius 3 is 2.75 bits per heavy atom. The van der Waals surface area contributed by atoms with Crippen LogP contribution in [0, 0.1) is 0 Å². The fraction of sp³-hybridized carbons (Fsp3) is 0.538. The number of halogens is 1. The normalized spacial score (nSPS) is 22.9. The van der Waals surface area contributed by atoms with Crippen molar-refractivity contribution in [3.63, 3.8) is 0 Å². The van der Waals surface area contributed by atoms with Gasteiger partial charge >= 0.3 is 0 Å². The molecule has 0 unspecified atom stereocenters. The van der Waals surface area contributed by atoms with E-state index < -0.39 is 10.0 Å². The summed E-state index contributed by atoms with van der Waals surface area (Å²) in [5, 5.41) is 0. The van der Waals surface area contributed by atoms with E-state index in [1.807, 2.05) is 0 Å². The van der Waals surface area contributed by atoms with Crippen molar-refractivity contribution in [2.45, 2.75) is 23.8 Å². The van der Waals surface area contributed by atoms with Crippen molar-refractivity contribution in [1.29, 1.82) is 0 Å². The standard InChI is InChI=1S/C13H16ClNO4S/c14-9-10-2-1-5-15(10)20(16,17)11-3-4-12-13(8-11)19-7-6-18-12/h3-4,8,10H,1-2,5-7,9H2/t10-/m0/s1. The van der Waals surface area contributed by atoms with Crippen LogP contribution < -0.4 is 9.47 Å². The predicted octanol–water partition coefficient (Wildman–Crippen LogP) is 1.85. The monoisotopic (exact) mass is 317 g/mol. The Morgan fingerprint density at radius 1 is 1.25 bits per heavy atom. The molecule has 0 aromatic heterocycles. The Morgan fingerprint density at radius 2 is 2.00 bits per heavy atom. The van der Waals surface area contributed by atoms with Gasteiger partial charge in [0.05, 0.1) is 4.90 Å². The second-order valence-corrected chi connectivity index (χ2v) is 7.07. The topological polar surface area (TPSA) is 55.8 Å². The second-order valence-electron chi connectivity index (χ2n) is 4.87. The highest BCUT2D eigenvalue weighted by Gasteiger charge is 2.35. The van der Waals surface area contributed by atoms with Gasteiger partial charge in [-0.1, -0.05) is 0 Å². The van der Waals surface area contributed by atoms with Gasteiger partial charge in [-0.25, -0.2) is 8.42 Å². The lowest BCUT2D eigenvalue weighted by atomic mass is 10.3. The molecule has 0 spiro atoms. The van der Waals surface area contributed by atoms with Crippen LogP contribution in [0.5, 0.6) is 11.5 Å². The SMILES string of the molecule is O=S(=O)(c1ccc2c(c1)OCCO2)N1CCC[C@H]1CCl. The van der Waals surface area contributed by atoms with Crippen molar-refractivity contribution in [3.8, 4) is 11.5 Å². The summed E-state index contributed by atoms with van der Waals surface area (Å²) in [4.78, 5) is 0.235. The van der Waals surface area contributed by atoms with E-state index in [1.165, 1.54) is 10.4 Å². The molecule has 1 atom stereocenters. The molecule has 0 amide bonds. The quantitative estimate of drug-likeness (QED) is 0.798. The third kappa shape index (κ3) is 2.36. The Labute approximate surface area is 123 Å². The molecule has 3 rings (SSSR count). The van der Waals surface area contributed by atoms with Gasteiger partial charge in [0, 0.05) is 24.5 Å². The fourth-order valence-corrected chi connectivity index (χ4v) is 4.71. The molecule has 2 aliphatic rings. The van der Waals surface area contributed by atoms with Crippen LogP contribution >= 0.6 is 11.6 Å². The number of benzene rings is 1. The van der Waals surface area contributed by atoms with Crippen LogP contribution in [0.3, 0.4) is 0 Å². The number of nitrogens with zero attached hydrogens (tertiary/aromatic N) is 1. The Bertz CT molecular complexity index is 604. The molecule has 2 heterocycles. The van der Waals surface area contributed by atoms with Crippen LogP contribution in [-0.2, 0) is 10.0 Å². The number of alkyl halides is 1. The minimum Gasteiger partial charge on any atom is -0.486 e. The van der Waals surface area contributed by atoms with E-state index in [-0.39, 0.29) is 10.9 Å². The summed E-state index contributed by atoms with van der Waals surface area (Å²) in [7, 11) is -3.52. The summed E-state index contributed by atoms with van der Waals surface area (Å²) in [6.07, 6.45) is 1.66. The molecule has 0 saturated carbocycles. The molecule has 7 heteroatoms. The van der Waals surface area contributed by atoms with Gasteiger partial charge in [-0.05, 0) is 25.0 Å². The van der Waals surface area contributed by atoms with E-state index >= 15 is 0 Å². The van der Waals surface area contributed by atoms with Crippen molar-refractivity contribution in [1.82, 2.24) is 4.31 Å². The van der Waals surface area contributed by atoms with Gasteiger partial charge in [-0.3, -0.25) is 0 Å². The molecule has 1 fully saturated rings. The number of hydrogen-bond donors (Lipinski definition) is 0. The van der Waals surface area contributed by atoms with Crippen molar-refractivity contribution >= 4 is 21.6 Å². The average Bonchev–Trinajstić information content (AvgIpc) is 2.96. The average molecular weight is 318 g/mol. The van der Waals surface area contributed by atoms with Crippen molar-refractivity contribution < 1.29 is 17.9 Å². The third-order valence-electron chi connectivity index (χ3n) is 3.62. The van der Waals surface area contributed by atoms with Crippen molar-refractivity contribution in [2.75, 3.05) is 25.6 Å². The zero-order chi connectivity index (χ0) is 14.2. The van der Waals surface area contributed by atoms with Crippen LogP contribution in [0.2, 0.25) is 0 Å². The van der Waals surface area contributed by atoms with Crippen LogP contribution in [0.15, 0.2) is 23.1 Å². The van der Waals surface area contributed by atoms with Gasteiger partial charge in [0.1, 0.15) is 13.2 Å². The zero-order valence-corrected chi connectivity index (χ0v) is 12.5. The highest BCUT2D eigenvalue weighted by Crippen LogP contribution is 2.34. The molecule has 1 aromatic carbocycles. The Kier molecular flexibility index (Phi) is 3.79.